The highest BCUT2D eigenvalue weighted by Gasteiger charge is 2.38. The lowest BCUT2D eigenvalue weighted by Gasteiger charge is -2.33. The Bertz CT molecular complexity index is 986. The molecular weight excluding hydrogens is 559 g/mol. The number of carbonyl (C=O) groups excluding carboxylic acids is 3. The van der Waals surface area contributed by atoms with Crippen LogP contribution in [0.4, 0.5) is 4.39 Å². The normalized spacial score (nSPS) is 14.9. The lowest BCUT2D eigenvalue weighted by Crippen LogP contribution is -2.55. The highest BCUT2D eigenvalue weighted by molar-refractivity contribution is 7.81. The SMILES string of the molecule is CC.CC.CC(C)(F)C=O.CNCc1ccc(-c2scnc2C)cc1.CN[C@H](C(=O)N1CCC[C@H]1C=O)C(C)(C)S. The van der Waals surface area contributed by atoms with E-state index in [2.05, 4.69) is 52.5 Å². The minimum absolute atomic E-state index is 0.0305. The molecule has 0 saturated carbocycles. The molecule has 1 saturated heterocycles. The van der Waals surface area contributed by atoms with Crippen LogP contribution in [0.15, 0.2) is 29.8 Å². The third kappa shape index (κ3) is 15.6. The molecule has 1 aliphatic rings. The monoisotopic (exact) mass is 612 g/mol. The smallest absolute Gasteiger partial charge is 0.241 e. The van der Waals surface area contributed by atoms with Crippen molar-refractivity contribution in [2.45, 2.75) is 104 Å². The first kappa shape index (κ1) is 41.0. The van der Waals surface area contributed by atoms with E-state index in [9.17, 15) is 18.8 Å². The summed E-state index contributed by atoms with van der Waals surface area (Å²) in [4.78, 5) is 39.7. The van der Waals surface area contributed by atoms with Crippen LogP contribution in [0.5, 0.6) is 0 Å². The van der Waals surface area contributed by atoms with Crippen molar-refractivity contribution in [3.63, 3.8) is 0 Å². The zero-order valence-corrected chi connectivity index (χ0v) is 28.6. The van der Waals surface area contributed by atoms with Gasteiger partial charge in [-0.25, -0.2) is 9.37 Å². The number of alkyl halides is 1. The molecule has 2 heterocycles. The molecule has 0 radical (unpaired) electrons. The number of benzene rings is 1. The van der Waals surface area contributed by atoms with Gasteiger partial charge in [-0.15, -0.1) is 11.3 Å². The Kier molecular flexibility index (Phi) is 21.5. The lowest BCUT2D eigenvalue weighted by molar-refractivity contribution is -0.137. The predicted molar refractivity (Wildman–Crippen MR) is 176 cm³/mol. The number of likely N-dealkylation sites (N-methyl/N-ethyl adjacent to an activating group) is 1. The van der Waals surface area contributed by atoms with Gasteiger partial charge in [0.2, 0.25) is 5.91 Å². The number of nitrogens with zero attached hydrogens (tertiary/aromatic N) is 2. The zero-order valence-electron chi connectivity index (χ0n) is 26.9. The summed E-state index contributed by atoms with van der Waals surface area (Å²) in [5, 5.41) is 6.12. The minimum Gasteiger partial charge on any atom is -0.332 e. The van der Waals surface area contributed by atoms with Crippen molar-refractivity contribution in [3.05, 3.63) is 41.0 Å². The fraction of sp³-hybridized carbons (Fsp3) is 0.613. The van der Waals surface area contributed by atoms with E-state index in [1.165, 1.54) is 29.9 Å². The van der Waals surface area contributed by atoms with Crippen LogP contribution in [0, 0.1) is 6.92 Å². The number of halogens is 1. The van der Waals surface area contributed by atoms with Gasteiger partial charge >= 0.3 is 0 Å². The molecule has 234 valence electrons. The van der Waals surface area contributed by atoms with E-state index in [0.717, 1.165) is 31.4 Å². The number of nitrogens with one attached hydrogen (secondary N) is 2. The molecule has 1 aromatic carbocycles. The first-order valence-corrected chi connectivity index (χ1v) is 15.6. The first-order valence-electron chi connectivity index (χ1n) is 14.2. The van der Waals surface area contributed by atoms with Crippen LogP contribution in [0.25, 0.3) is 10.4 Å². The van der Waals surface area contributed by atoms with Crippen LogP contribution >= 0.6 is 24.0 Å². The van der Waals surface area contributed by atoms with Crippen molar-refractivity contribution in [3.8, 4) is 10.4 Å². The van der Waals surface area contributed by atoms with Gasteiger partial charge in [-0.05, 0) is 72.7 Å². The molecule has 2 N–H and O–H groups in total. The Hall–Kier alpha value is -2.14. The summed E-state index contributed by atoms with van der Waals surface area (Å²) >= 11 is 6.12. The zero-order chi connectivity index (χ0) is 32.2. The summed E-state index contributed by atoms with van der Waals surface area (Å²) in [5.41, 5.74) is 3.94. The summed E-state index contributed by atoms with van der Waals surface area (Å²) in [6, 6.07) is 8.02. The Morgan fingerprint density at radius 2 is 1.68 bits per heavy atom. The third-order valence-electron chi connectivity index (χ3n) is 5.60. The Balaban J connectivity index is 0. The fourth-order valence-electron chi connectivity index (χ4n) is 3.71. The van der Waals surface area contributed by atoms with Crippen LogP contribution in [0.1, 0.15) is 79.5 Å². The van der Waals surface area contributed by atoms with Crippen molar-refractivity contribution in [1.82, 2.24) is 20.5 Å². The van der Waals surface area contributed by atoms with Crippen molar-refractivity contribution >= 4 is 42.4 Å². The molecule has 41 heavy (non-hydrogen) atoms. The van der Waals surface area contributed by atoms with Crippen molar-refractivity contribution in [2.24, 2.45) is 0 Å². The van der Waals surface area contributed by atoms with Gasteiger partial charge < -0.3 is 20.3 Å². The summed E-state index contributed by atoms with van der Waals surface area (Å²) < 4.78 is 11.3. The summed E-state index contributed by atoms with van der Waals surface area (Å²) in [6.07, 6.45) is 2.81. The second-order valence-corrected chi connectivity index (χ2v) is 11.9. The Morgan fingerprint density at radius 1 is 1.15 bits per heavy atom. The van der Waals surface area contributed by atoms with Gasteiger partial charge in [0.1, 0.15) is 12.3 Å². The molecule has 2 aromatic rings. The number of rotatable bonds is 8. The molecule has 7 nitrogen and oxygen atoms in total. The number of aryl methyl sites for hydroxylation is 1. The van der Waals surface area contributed by atoms with Gasteiger partial charge in [0.05, 0.1) is 22.1 Å². The molecule has 1 fully saturated rings. The quantitative estimate of drug-likeness (QED) is 0.240. The molecule has 2 atom stereocenters. The summed E-state index contributed by atoms with van der Waals surface area (Å²) in [5.74, 6) is -0.0305. The average Bonchev–Trinajstić information content (AvgIpc) is 3.60. The number of thiazole rings is 1. The van der Waals surface area contributed by atoms with Gasteiger partial charge in [-0.1, -0.05) is 52.0 Å². The molecule has 1 aliphatic heterocycles. The van der Waals surface area contributed by atoms with Crippen LogP contribution in [-0.2, 0) is 20.9 Å². The minimum atomic E-state index is -1.64. The molecule has 0 bridgehead atoms. The van der Waals surface area contributed by atoms with E-state index >= 15 is 0 Å². The molecule has 10 heteroatoms. The molecule has 0 aliphatic carbocycles. The second kappa shape index (κ2) is 21.5. The van der Waals surface area contributed by atoms with E-state index in [-0.39, 0.29) is 24.3 Å². The van der Waals surface area contributed by atoms with Crippen molar-refractivity contribution < 1.29 is 18.8 Å². The number of amides is 1. The van der Waals surface area contributed by atoms with E-state index in [1.807, 2.05) is 61.0 Å². The average molecular weight is 613 g/mol. The Labute approximate surface area is 257 Å². The topological polar surface area (TPSA) is 91.4 Å². The first-order chi connectivity index (χ1) is 19.3. The van der Waals surface area contributed by atoms with Crippen molar-refractivity contribution in [1.29, 1.82) is 0 Å². The van der Waals surface area contributed by atoms with Crippen LogP contribution in [0.2, 0.25) is 0 Å². The number of aldehydes is 2. The molecule has 0 unspecified atom stereocenters. The van der Waals surface area contributed by atoms with Crippen LogP contribution in [-0.4, -0.2) is 71.5 Å². The molecule has 0 spiro atoms. The summed E-state index contributed by atoms with van der Waals surface area (Å²) in [6.45, 7) is 17.8. The lowest BCUT2D eigenvalue weighted by atomic mass is 10.0. The van der Waals surface area contributed by atoms with Gasteiger partial charge in [0.15, 0.2) is 12.0 Å². The fourth-order valence-corrected chi connectivity index (χ4v) is 4.76. The molecule has 1 aromatic heterocycles. The summed E-state index contributed by atoms with van der Waals surface area (Å²) in [7, 11) is 3.70. The molecular formula is C31H53FN4O3S2. The number of carbonyl (C=O) groups is 3. The standard InChI is InChI=1S/C12H14N2S.C11H20N2O2S.C4H7FO.2C2H6/c1-9-12(15-8-14-9)11-5-3-10(4-6-11)7-13-2;1-11(2,16)9(12-3)10(15)13-6-4-5-8(13)7-14;1-4(2,5)3-6;2*1-2/h3-6,8,13H,7H2,1-2H3;7-9,12,16H,4-6H2,1-3H3;3H,1-2H3;2*1-2H3/t;8-,9+;;;/m.0.../s1. The largest absolute Gasteiger partial charge is 0.332 e. The van der Waals surface area contributed by atoms with E-state index in [0.29, 0.717) is 6.54 Å². The maximum Gasteiger partial charge on any atom is 0.241 e. The predicted octanol–water partition coefficient (Wildman–Crippen LogP) is 6.30. The number of thiol groups is 1. The Morgan fingerprint density at radius 3 is 2.05 bits per heavy atom. The van der Waals surface area contributed by atoms with Gasteiger partial charge in [-0.2, -0.15) is 12.6 Å². The number of hydrogen-bond acceptors (Lipinski definition) is 8. The molecule has 3 rings (SSSR count). The maximum absolute atomic E-state index is 12.2. The third-order valence-corrected chi connectivity index (χ3v) is 6.84. The number of hydrogen-bond donors (Lipinski definition) is 3. The number of aromatic nitrogens is 1. The van der Waals surface area contributed by atoms with Crippen LogP contribution < -0.4 is 10.6 Å². The van der Waals surface area contributed by atoms with E-state index < -0.39 is 10.4 Å². The van der Waals surface area contributed by atoms with Crippen molar-refractivity contribution in [2.75, 3.05) is 20.6 Å². The highest BCUT2D eigenvalue weighted by atomic mass is 32.1. The highest BCUT2D eigenvalue weighted by Crippen LogP contribution is 2.27. The van der Waals surface area contributed by atoms with Gasteiger partial charge in [0.25, 0.3) is 0 Å². The van der Waals surface area contributed by atoms with Gasteiger partial charge in [-0.3, -0.25) is 9.59 Å². The van der Waals surface area contributed by atoms with Crippen LogP contribution in [0.3, 0.4) is 0 Å². The van der Waals surface area contributed by atoms with Gasteiger partial charge in [0, 0.05) is 17.8 Å². The molecule has 1 amide bonds. The second-order valence-electron chi connectivity index (χ2n) is 9.93. The number of likely N-dealkylation sites (tertiary alicyclic amines) is 1. The van der Waals surface area contributed by atoms with E-state index in [1.54, 1.807) is 23.3 Å². The van der Waals surface area contributed by atoms with E-state index in [4.69, 9.17) is 0 Å². The maximum atomic E-state index is 12.2.